The van der Waals surface area contributed by atoms with Gasteiger partial charge >= 0.3 is 12.0 Å². The first-order valence-electron chi connectivity index (χ1n) is 7.13. The monoisotopic (exact) mass is 268 g/mol. The standard InChI is InChI=1S/C14H24N2O3/c1-9-6-7-16(11(8-9)12(17)18)13(19)15-14(2,3)10-4-5-10/h9-11H,4-8H2,1-3H3,(H,15,19)(H,17,18). The number of rotatable bonds is 3. The number of hydrogen-bond acceptors (Lipinski definition) is 2. The molecule has 2 unspecified atom stereocenters. The van der Waals surface area contributed by atoms with Crippen molar-refractivity contribution in [1.29, 1.82) is 0 Å². The Morgan fingerprint density at radius 3 is 2.42 bits per heavy atom. The van der Waals surface area contributed by atoms with Gasteiger partial charge < -0.3 is 15.3 Å². The molecule has 2 amide bonds. The molecule has 0 radical (unpaired) electrons. The Hall–Kier alpha value is -1.26. The van der Waals surface area contributed by atoms with Crippen molar-refractivity contribution in [2.24, 2.45) is 11.8 Å². The van der Waals surface area contributed by atoms with Crippen molar-refractivity contribution in [3.8, 4) is 0 Å². The molecule has 1 aliphatic heterocycles. The van der Waals surface area contributed by atoms with Gasteiger partial charge in [0, 0.05) is 12.1 Å². The minimum Gasteiger partial charge on any atom is -0.480 e. The number of likely N-dealkylation sites (tertiary alicyclic amines) is 1. The molecule has 19 heavy (non-hydrogen) atoms. The Labute approximate surface area is 114 Å². The molecule has 2 N–H and O–H groups in total. The molecule has 1 saturated heterocycles. The van der Waals surface area contributed by atoms with Gasteiger partial charge in [-0.15, -0.1) is 0 Å². The quantitative estimate of drug-likeness (QED) is 0.823. The molecular weight excluding hydrogens is 244 g/mol. The van der Waals surface area contributed by atoms with E-state index in [0.717, 1.165) is 19.3 Å². The van der Waals surface area contributed by atoms with E-state index < -0.39 is 12.0 Å². The summed E-state index contributed by atoms with van der Waals surface area (Å²) in [7, 11) is 0. The third kappa shape index (κ3) is 3.19. The fraction of sp³-hybridized carbons (Fsp3) is 0.857. The Bertz CT molecular complexity index is 377. The number of nitrogens with one attached hydrogen (secondary N) is 1. The number of amides is 2. The van der Waals surface area contributed by atoms with E-state index in [0.29, 0.717) is 24.8 Å². The summed E-state index contributed by atoms with van der Waals surface area (Å²) in [6.45, 7) is 6.61. The van der Waals surface area contributed by atoms with E-state index >= 15 is 0 Å². The van der Waals surface area contributed by atoms with Gasteiger partial charge in [-0.3, -0.25) is 0 Å². The van der Waals surface area contributed by atoms with Gasteiger partial charge in [0.25, 0.3) is 0 Å². The highest BCUT2D eigenvalue weighted by atomic mass is 16.4. The summed E-state index contributed by atoms with van der Waals surface area (Å²) in [5, 5.41) is 12.3. The van der Waals surface area contributed by atoms with Crippen LogP contribution in [0.5, 0.6) is 0 Å². The van der Waals surface area contributed by atoms with Crippen LogP contribution in [0.15, 0.2) is 0 Å². The lowest BCUT2D eigenvalue weighted by molar-refractivity contribution is -0.143. The van der Waals surface area contributed by atoms with E-state index in [-0.39, 0.29) is 11.6 Å². The van der Waals surface area contributed by atoms with Gasteiger partial charge in [0.1, 0.15) is 6.04 Å². The molecular formula is C14H24N2O3. The summed E-state index contributed by atoms with van der Waals surface area (Å²) in [5.74, 6) is -0.00374. The van der Waals surface area contributed by atoms with E-state index in [1.807, 2.05) is 20.8 Å². The van der Waals surface area contributed by atoms with Crippen molar-refractivity contribution in [2.45, 2.75) is 58.0 Å². The maximum atomic E-state index is 12.3. The van der Waals surface area contributed by atoms with Crippen molar-refractivity contribution in [1.82, 2.24) is 10.2 Å². The minimum atomic E-state index is -0.897. The van der Waals surface area contributed by atoms with Crippen LogP contribution >= 0.6 is 0 Å². The van der Waals surface area contributed by atoms with Crippen molar-refractivity contribution >= 4 is 12.0 Å². The van der Waals surface area contributed by atoms with E-state index in [9.17, 15) is 14.7 Å². The fourth-order valence-electron chi connectivity index (χ4n) is 2.87. The van der Waals surface area contributed by atoms with E-state index in [1.54, 1.807) is 0 Å². The van der Waals surface area contributed by atoms with Crippen LogP contribution in [-0.4, -0.2) is 40.1 Å². The van der Waals surface area contributed by atoms with Crippen molar-refractivity contribution < 1.29 is 14.7 Å². The third-order valence-electron chi connectivity index (χ3n) is 4.44. The summed E-state index contributed by atoms with van der Waals surface area (Å²) in [6, 6.07) is -0.907. The lowest BCUT2D eigenvalue weighted by Gasteiger charge is -2.38. The molecule has 0 spiro atoms. The molecule has 1 aliphatic carbocycles. The van der Waals surface area contributed by atoms with Crippen LogP contribution in [0, 0.1) is 11.8 Å². The minimum absolute atomic E-state index is 0.226. The normalized spacial score (nSPS) is 28.1. The topological polar surface area (TPSA) is 69.6 Å². The smallest absolute Gasteiger partial charge is 0.326 e. The second-order valence-electron chi connectivity index (χ2n) is 6.60. The molecule has 5 nitrogen and oxygen atoms in total. The van der Waals surface area contributed by atoms with Crippen LogP contribution in [0.25, 0.3) is 0 Å². The van der Waals surface area contributed by atoms with Gasteiger partial charge in [-0.05, 0) is 51.4 Å². The predicted octanol–water partition coefficient (Wildman–Crippen LogP) is 2.07. The number of urea groups is 1. The summed E-state index contributed by atoms with van der Waals surface area (Å²) in [5.41, 5.74) is -0.233. The van der Waals surface area contributed by atoms with Gasteiger partial charge in [0.15, 0.2) is 0 Å². The highest BCUT2D eigenvalue weighted by molar-refractivity contribution is 5.83. The zero-order valence-electron chi connectivity index (χ0n) is 12.0. The Balaban J connectivity index is 2.02. The molecule has 0 aromatic rings. The van der Waals surface area contributed by atoms with Crippen LogP contribution < -0.4 is 5.32 Å². The first-order chi connectivity index (χ1) is 8.81. The first kappa shape index (κ1) is 14.2. The lowest BCUT2D eigenvalue weighted by Crippen LogP contribution is -2.57. The number of piperidine rings is 1. The van der Waals surface area contributed by atoms with Crippen molar-refractivity contribution in [3.05, 3.63) is 0 Å². The molecule has 0 aromatic heterocycles. The van der Waals surface area contributed by atoms with Crippen molar-refractivity contribution in [2.75, 3.05) is 6.54 Å². The fourth-order valence-corrected chi connectivity index (χ4v) is 2.87. The lowest BCUT2D eigenvalue weighted by atomic mass is 9.92. The SMILES string of the molecule is CC1CCN(C(=O)NC(C)(C)C2CC2)C(C(=O)O)C1. The zero-order chi connectivity index (χ0) is 14.2. The molecule has 2 aliphatic rings. The molecule has 1 saturated carbocycles. The molecule has 2 atom stereocenters. The second-order valence-corrected chi connectivity index (χ2v) is 6.60. The van der Waals surface area contributed by atoms with Crippen LogP contribution in [0.2, 0.25) is 0 Å². The van der Waals surface area contributed by atoms with E-state index in [1.165, 1.54) is 4.90 Å². The van der Waals surface area contributed by atoms with E-state index in [2.05, 4.69) is 5.32 Å². The maximum Gasteiger partial charge on any atom is 0.326 e. The molecule has 1 heterocycles. The number of hydrogen-bond donors (Lipinski definition) is 2. The largest absolute Gasteiger partial charge is 0.480 e. The molecule has 5 heteroatoms. The average molecular weight is 268 g/mol. The maximum absolute atomic E-state index is 12.3. The Morgan fingerprint density at radius 1 is 1.26 bits per heavy atom. The zero-order valence-corrected chi connectivity index (χ0v) is 12.0. The average Bonchev–Trinajstić information content (AvgIpc) is 3.11. The number of aliphatic carboxylic acids is 1. The molecule has 0 aromatic carbocycles. The van der Waals surface area contributed by atoms with Gasteiger partial charge in [0.05, 0.1) is 0 Å². The number of nitrogens with zero attached hydrogens (tertiary/aromatic N) is 1. The molecule has 0 bridgehead atoms. The summed E-state index contributed by atoms with van der Waals surface area (Å²) in [4.78, 5) is 25.1. The van der Waals surface area contributed by atoms with Gasteiger partial charge in [-0.1, -0.05) is 6.92 Å². The van der Waals surface area contributed by atoms with Gasteiger partial charge in [-0.2, -0.15) is 0 Å². The van der Waals surface area contributed by atoms with Crippen LogP contribution in [-0.2, 0) is 4.79 Å². The van der Waals surface area contributed by atoms with Gasteiger partial charge in [-0.25, -0.2) is 9.59 Å². The second kappa shape index (κ2) is 5.02. The van der Waals surface area contributed by atoms with E-state index in [4.69, 9.17) is 0 Å². The highest BCUT2D eigenvalue weighted by Gasteiger charge is 2.41. The third-order valence-corrected chi connectivity index (χ3v) is 4.44. The summed E-state index contributed by atoms with van der Waals surface area (Å²) in [6.07, 6.45) is 3.72. The molecule has 2 fully saturated rings. The predicted molar refractivity (Wildman–Crippen MR) is 71.9 cm³/mol. The van der Waals surface area contributed by atoms with Crippen molar-refractivity contribution in [3.63, 3.8) is 0 Å². The van der Waals surface area contributed by atoms with Gasteiger partial charge in [0.2, 0.25) is 0 Å². The number of carboxylic acids is 1. The van der Waals surface area contributed by atoms with Crippen LogP contribution in [0.3, 0.4) is 0 Å². The summed E-state index contributed by atoms with van der Waals surface area (Å²) >= 11 is 0. The number of carboxylic acid groups (broad SMARTS) is 1. The van der Waals surface area contributed by atoms with Crippen LogP contribution in [0.1, 0.15) is 46.5 Å². The molecule has 2 rings (SSSR count). The Morgan fingerprint density at radius 2 is 1.89 bits per heavy atom. The first-order valence-corrected chi connectivity index (χ1v) is 7.13. The van der Waals surface area contributed by atoms with Crippen LogP contribution in [0.4, 0.5) is 4.79 Å². The molecule has 108 valence electrons. The number of carbonyl (C=O) groups excluding carboxylic acids is 1. The summed E-state index contributed by atoms with van der Waals surface area (Å²) < 4.78 is 0. The number of carbonyl (C=O) groups is 2. The highest BCUT2D eigenvalue weighted by Crippen LogP contribution is 2.39. The Kier molecular flexibility index (Phi) is 3.74.